The van der Waals surface area contributed by atoms with Gasteiger partial charge in [-0.3, -0.25) is 4.72 Å². The average molecular weight is 345 g/mol. The second-order valence-electron chi connectivity index (χ2n) is 4.66. The molecule has 0 aliphatic rings. The van der Waals surface area contributed by atoms with Crippen LogP contribution in [0.2, 0.25) is 10.0 Å². The molecule has 0 atom stereocenters. The van der Waals surface area contributed by atoms with Gasteiger partial charge in [-0.15, -0.1) is 0 Å². The van der Waals surface area contributed by atoms with Crippen molar-refractivity contribution in [3.63, 3.8) is 0 Å². The van der Waals surface area contributed by atoms with Gasteiger partial charge in [-0.2, -0.15) is 0 Å². The van der Waals surface area contributed by atoms with Crippen molar-refractivity contribution in [1.29, 1.82) is 0 Å². The molecule has 0 aromatic heterocycles. The summed E-state index contributed by atoms with van der Waals surface area (Å²) in [6.07, 6.45) is 0. The fourth-order valence-corrected chi connectivity index (χ4v) is 3.62. The van der Waals surface area contributed by atoms with Crippen molar-refractivity contribution in [3.8, 4) is 0 Å². The summed E-state index contributed by atoms with van der Waals surface area (Å²) in [6.45, 7) is 3.63. The van der Waals surface area contributed by atoms with Crippen LogP contribution in [0.15, 0.2) is 35.2 Å². The fraction of sp³-hybridized carbons (Fsp3) is 0.143. The zero-order valence-electron chi connectivity index (χ0n) is 11.4. The zero-order valence-corrected chi connectivity index (χ0v) is 13.8. The van der Waals surface area contributed by atoms with E-state index in [1.54, 1.807) is 31.2 Å². The predicted octanol–water partition coefficient (Wildman–Crippen LogP) is 3.99. The van der Waals surface area contributed by atoms with E-state index in [2.05, 4.69) is 4.72 Å². The van der Waals surface area contributed by atoms with Gasteiger partial charge in [0.25, 0.3) is 10.0 Å². The summed E-state index contributed by atoms with van der Waals surface area (Å²) >= 11 is 11.9. The Morgan fingerprint density at radius 3 is 2.19 bits per heavy atom. The van der Waals surface area contributed by atoms with Crippen molar-refractivity contribution in [2.24, 2.45) is 0 Å². The molecule has 2 rings (SSSR count). The molecule has 0 aliphatic carbocycles. The molecule has 2 aromatic carbocycles. The SMILES string of the molecule is Cc1cc(S(=O)(=O)Nc2c(Cl)cccc2Cl)cc(N)c1C. The molecule has 0 fully saturated rings. The molecule has 0 saturated carbocycles. The van der Waals surface area contributed by atoms with E-state index in [1.807, 2.05) is 6.92 Å². The highest BCUT2D eigenvalue weighted by Gasteiger charge is 2.19. The third-order valence-electron chi connectivity index (χ3n) is 3.19. The molecule has 2 aromatic rings. The number of benzene rings is 2. The lowest BCUT2D eigenvalue weighted by Gasteiger charge is -2.13. The first-order valence-electron chi connectivity index (χ1n) is 6.06. The van der Waals surface area contributed by atoms with Crippen LogP contribution in [0.1, 0.15) is 11.1 Å². The van der Waals surface area contributed by atoms with E-state index in [9.17, 15) is 8.42 Å². The highest BCUT2D eigenvalue weighted by molar-refractivity contribution is 7.92. The Bertz CT molecular complexity index is 761. The van der Waals surface area contributed by atoms with Crippen LogP contribution in [-0.2, 0) is 10.0 Å². The Labute approximate surface area is 133 Å². The first-order valence-corrected chi connectivity index (χ1v) is 8.30. The molecule has 0 spiro atoms. The van der Waals surface area contributed by atoms with Gasteiger partial charge in [-0.25, -0.2) is 8.42 Å². The molecule has 0 bridgehead atoms. The van der Waals surface area contributed by atoms with E-state index in [1.165, 1.54) is 6.07 Å². The summed E-state index contributed by atoms with van der Waals surface area (Å²) in [7, 11) is -3.82. The number of sulfonamides is 1. The van der Waals surface area contributed by atoms with Crippen LogP contribution in [-0.4, -0.2) is 8.42 Å². The molecule has 0 radical (unpaired) electrons. The van der Waals surface area contributed by atoms with Crippen LogP contribution in [0.5, 0.6) is 0 Å². The molecule has 0 amide bonds. The van der Waals surface area contributed by atoms with Gasteiger partial charge in [0.05, 0.1) is 20.6 Å². The maximum atomic E-state index is 12.4. The van der Waals surface area contributed by atoms with Crippen molar-refractivity contribution in [3.05, 3.63) is 51.5 Å². The standard InChI is InChI=1S/C14H14Cl2N2O2S/c1-8-6-10(7-13(17)9(8)2)21(19,20)18-14-11(15)4-3-5-12(14)16/h3-7,18H,17H2,1-2H3. The Morgan fingerprint density at radius 2 is 1.67 bits per heavy atom. The molecule has 112 valence electrons. The maximum Gasteiger partial charge on any atom is 0.262 e. The van der Waals surface area contributed by atoms with Crippen molar-refractivity contribution in [2.45, 2.75) is 18.7 Å². The van der Waals surface area contributed by atoms with Crippen LogP contribution < -0.4 is 10.5 Å². The molecule has 0 saturated heterocycles. The van der Waals surface area contributed by atoms with E-state index in [4.69, 9.17) is 28.9 Å². The highest BCUT2D eigenvalue weighted by Crippen LogP contribution is 2.32. The monoisotopic (exact) mass is 344 g/mol. The number of para-hydroxylation sites is 1. The van der Waals surface area contributed by atoms with Crippen LogP contribution in [0.25, 0.3) is 0 Å². The number of nitrogens with one attached hydrogen (secondary N) is 1. The quantitative estimate of drug-likeness (QED) is 0.826. The summed E-state index contributed by atoms with van der Waals surface area (Å²) in [5.74, 6) is 0. The van der Waals surface area contributed by atoms with Crippen molar-refractivity contribution in [2.75, 3.05) is 10.5 Å². The lowest BCUT2D eigenvalue weighted by Crippen LogP contribution is -2.14. The third-order valence-corrected chi connectivity index (χ3v) is 5.15. The fourth-order valence-electron chi connectivity index (χ4n) is 1.80. The minimum Gasteiger partial charge on any atom is -0.398 e. The van der Waals surface area contributed by atoms with Gasteiger partial charge in [-0.05, 0) is 49.2 Å². The van der Waals surface area contributed by atoms with Crippen LogP contribution >= 0.6 is 23.2 Å². The molecule has 21 heavy (non-hydrogen) atoms. The van der Waals surface area contributed by atoms with Gasteiger partial charge in [0.1, 0.15) is 0 Å². The van der Waals surface area contributed by atoms with Gasteiger partial charge < -0.3 is 5.73 Å². The maximum absolute atomic E-state index is 12.4. The van der Waals surface area contributed by atoms with E-state index in [-0.39, 0.29) is 20.6 Å². The highest BCUT2D eigenvalue weighted by atomic mass is 35.5. The first kappa shape index (κ1) is 15.9. The summed E-state index contributed by atoms with van der Waals surface area (Å²) < 4.78 is 27.3. The second-order valence-corrected chi connectivity index (χ2v) is 7.15. The predicted molar refractivity (Wildman–Crippen MR) is 87.6 cm³/mol. The minimum atomic E-state index is -3.82. The topological polar surface area (TPSA) is 72.2 Å². The Hall–Kier alpha value is -1.43. The van der Waals surface area contributed by atoms with Gasteiger partial charge in [0, 0.05) is 5.69 Å². The van der Waals surface area contributed by atoms with E-state index >= 15 is 0 Å². The molecular formula is C14H14Cl2N2O2S. The average Bonchev–Trinajstić information content (AvgIpc) is 2.40. The Balaban J connectivity index is 2.49. The van der Waals surface area contributed by atoms with Crippen molar-refractivity contribution in [1.82, 2.24) is 0 Å². The van der Waals surface area contributed by atoms with Crippen LogP contribution in [0.4, 0.5) is 11.4 Å². The number of anilines is 2. The number of hydrogen-bond acceptors (Lipinski definition) is 3. The Morgan fingerprint density at radius 1 is 1.10 bits per heavy atom. The molecule has 0 heterocycles. The molecule has 4 nitrogen and oxygen atoms in total. The summed E-state index contributed by atoms with van der Waals surface area (Å²) in [5, 5.41) is 0.450. The number of hydrogen-bond donors (Lipinski definition) is 2. The summed E-state index contributed by atoms with van der Waals surface area (Å²) in [4.78, 5) is 0.0686. The first-order chi connectivity index (χ1) is 9.72. The van der Waals surface area contributed by atoms with Gasteiger partial charge >= 0.3 is 0 Å². The van der Waals surface area contributed by atoms with Crippen LogP contribution in [0, 0.1) is 13.8 Å². The van der Waals surface area contributed by atoms with Crippen LogP contribution in [0.3, 0.4) is 0 Å². The second kappa shape index (κ2) is 5.75. The number of halogens is 2. The summed E-state index contributed by atoms with van der Waals surface area (Å²) in [5.41, 5.74) is 8.04. The normalized spacial score (nSPS) is 11.4. The molecule has 3 N–H and O–H groups in total. The number of nitrogen functional groups attached to an aromatic ring is 1. The number of rotatable bonds is 3. The molecule has 7 heteroatoms. The molecule has 0 aliphatic heterocycles. The van der Waals surface area contributed by atoms with Crippen molar-refractivity contribution < 1.29 is 8.42 Å². The Kier molecular flexibility index (Phi) is 4.37. The van der Waals surface area contributed by atoms with E-state index in [0.717, 1.165) is 11.1 Å². The zero-order chi connectivity index (χ0) is 15.8. The van der Waals surface area contributed by atoms with Gasteiger partial charge in [0.2, 0.25) is 0 Å². The number of aryl methyl sites for hydroxylation is 1. The number of nitrogens with two attached hydrogens (primary N) is 1. The molecule has 0 unspecified atom stereocenters. The van der Waals surface area contributed by atoms with E-state index in [0.29, 0.717) is 5.69 Å². The third kappa shape index (κ3) is 3.26. The largest absolute Gasteiger partial charge is 0.398 e. The van der Waals surface area contributed by atoms with Gasteiger partial charge in [0.15, 0.2) is 0 Å². The van der Waals surface area contributed by atoms with Gasteiger partial charge in [-0.1, -0.05) is 29.3 Å². The minimum absolute atomic E-state index is 0.0686. The lowest BCUT2D eigenvalue weighted by atomic mass is 10.1. The van der Waals surface area contributed by atoms with E-state index < -0.39 is 10.0 Å². The molecular weight excluding hydrogens is 331 g/mol. The van der Waals surface area contributed by atoms with Crippen molar-refractivity contribution >= 4 is 44.6 Å². The smallest absolute Gasteiger partial charge is 0.262 e. The summed E-state index contributed by atoms with van der Waals surface area (Å²) in [6, 6.07) is 7.71. The lowest BCUT2D eigenvalue weighted by molar-refractivity contribution is 0.601.